The average Bonchev–Trinajstić information content (AvgIpc) is 2.63. The molecular weight excluding hydrogens is 342 g/mol. The van der Waals surface area contributed by atoms with Crippen LogP contribution in [0.2, 0.25) is 5.02 Å². The predicted molar refractivity (Wildman–Crippen MR) is 98.3 cm³/mol. The normalized spacial score (nSPS) is 15.1. The van der Waals surface area contributed by atoms with E-state index in [0.717, 1.165) is 37.7 Å². The molecule has 1 aromatic heterocycles. The fraction of sp³-hybridized carbons (Fsp3) is 0.471. The van der Waals surface area contributed by atoms with Crippen LogP contribution < -0.4 is 19.7 Å². The van der Waals surface area contributed by atoms with Crippen LogP contribution in [0.15, 0.2) is 18.3 Å². The number of hydrogen-bond donors (Lipinski definition) is 1. The maximum absolute atomic E-state index is 6.14. The lowest BCUT2D eigenvalue weighted by Crippen LogP contribution is -2.33. The molecule has 0 atom stereocenters. The monoisotopic (exact) mass is 363 g/mol. The van der Waals surface area contributed by atoms with E-state index in [9.17, 15) is 0 Å². The first-order valence-corrected chi connectivity index (χ1v) is 8.61. The minimum atomic E-state index is 0.402. The summed E-state index contributed by atoms with van der Waals surface area (Å²) in [5.41, 5.74) is 0.662. The van der Waals surface area contributed by atoms with Gasteiger partial charge in [-0.15, -0.1) is 5.10 Å². The van der Waals surface area contributed by atoms with Crippen molar-refractivity contribution in [1.29, 1.82) is 0 Å². The van der Waals surface area contributed by atoms with Crippen molar-refractivity contribution < 1.29 is 9.47 Å². The number of halogens is 1. The molecule has 2 aromatic rings. The van der Waals surface area contributed by atoms with Crippen molar-refractivity contribution >= 4 is 29.1 Å². The summed E-state index contributed by atoms with van der Waals surface area (Å²) in [6.07, 6.45) is 4.02. The summed E-state index contributed by atoms with van der Waals surface area (Å²) in [5, 5.41) is 11.8. The molecule has 1 fully saturated rings. The minimum absolute atomic E-state index is 0.402. The molecular formula is C17H22ClN5O2. The average molecular weight is 364 g/mol. The number of benzene rings is 1. The van der Waals surface area contributed by atoms with E-state index in [1.165, 1.54) is 0 Å². The second kappa shape index (κ2) is 7.74. The maximum atomic E-state index is 6.14. The Bertz CT molecular complexity index is 735. The molecule has 1 aromatic carbocycles. The molecule has 8 heteroatoms. The van der Waals surface area contributed by atoms with Gasteiger partial charge in [0.25, 0.3) is 0 Å². The Balaban J connectivity index is 1.83. The standard InChI is InChI=1S/C17H22ClN5O2/c1-11-4-6-23(7-5-11)16-10-19-22-17(21-16)20-13-9-14(24-2)12(18)8-15(13)25-3/h8-11H,4-7H2,1-3H3,(H,20,21,22). The van der Waals surface area contributed by atoms with E-state index in [2.05, 4.69) is 32.3 Å². The number of anilines is 3. The predicted octanol–water partition coefficient (Wildman–Crippen LogP) is 3.52. The molecule has 0 radical (unpaired) electrons. The quantitative estimate of drug-likeness (QED) is 0.871. The largest absolute Gasteiger partial charge is 0.495 e. The van der Waals surface area contributed by atoms with Crippen LogP contribution >= 0.6 is 11.6 Å². The Hall–Kier alpha value is -2.28. The Morgan fingerprint density at radius 3 is 2.56 bits per heavy atom. The van der Waals surface area contributed by atoms with Gasteiger partial charge in [-0.3, -0.25) is 0 Å². The summed E-state index contributed by atoms with van der Waals surface area (Å²) < 4.78 is 10.6. The van der Waals surface area contributed by atoms with Crippen molar-refractivity contribution in [2.24, 2.45) is 5.92 Å². The lowest BCUT2D eigenvalue weighted by molar-refractivity contribution is 0.405. The highest BCUT2D eigenvalue weighted by molar-refractivity contribution is 6.32. The van der Waals surface area contributed by atoms with Crippen LogP contribution in [0.1, 0.15) is 19.8 Å². The maximum Gasteiger partial charge on any atom is 0.249 e. The van der Waals surface area contributed by atoms with Crippen LogP contribution in [0.25, 0.3) is 0 Å². The highest BCUT2D eigenvalue weighted by Gasteiger charge is 2.18. The summed E-state index contributed by atoms with van der Waals surface area (Å²) in [4.78, 5) is 6.82. The van der Waals surface area contributed by atoms with E-state index in [1.54, 1.807) is 32.5 Å². The molecule has 3 rings (SSSR count). The third-order valence-corrected chi connectivity index (χ3v) is 4.67. The molecule has 0 aliphatic carbocycles. The van der Waals surface area contributed by atoms with Crippen molar-refractivity contribution in [3.8, 4) is 11.5 Å². The molecule has 0 bridgehead atoms. The van der Waals surface area contributed by atoms with Gasteiger partial charge >= 0.3 is 0 Å². The number of ether oxygens (including phenoxy) is 2. The van der Waals surface area contributed by atoms with Gasteiger partial charge in [0, 0.05) is 25.2 Å². The summed E-state index contributed by atoms with van der Waals surface area (Å²) in [7, 11) is 3.14. The van der Waals surface area contributed by atoms with E-state index in [-0.39, 0.29) is 0 Å². The number of nitrogens with one attached hydrogen (secondary N) is 1. The lowest BCUT2D eigenvalue weighted by Gasteiger charge is -2.30. The first-order chi connectivity index (χ1) is 12.1. The molecule has 1 aliphatic heterocycles. The van der Waals surface area contributed by atoms with E-state index >= 15 is 0 Å². The molecule has 0 unspecified atom stereocenters. The third kappa shape index (κ3) is 4.04. The van der Waals surface area contributed by atoms with Crippen molar-refractivity contribution in [3.05, 3.63) is 23.4 Å². The first-order valence-electron chi connectivity index (χ1n) is 8.24. The highest BCUT2D eigenvalue weighted by Crippen LogP contribution is 2.37. The van der Waals surface area contributed by atoms with Gasteiger partial charge in [-0.25, -0.2) is 0 Å². The highest BCUT2D eigenvalue weighted by atomic mass is 35.5. The molecule has 0 saturated carbocycles. The van der Waals surface area contributed by atoms with E-state index < -0.39 is 0 Å². The fourth-order valence-electron chi connectivity index (χ4n) is 2.82. The zero-order chi connectivity index (χ0) is 17.8. The Morgan fingerprint density at radius 2 is 1.88 bits per heavy atom. The third-order valence-electron chi connectivity index (χ3n) is 4.37. The van der Waals surface area contributed by atoms with Gasteiger partial charge < -0.3 is 19.7 Å². The topological polar surface area (TPSA) is 72.4 Å². The summed E-state index contributed by atoms with van der Waals surface area (Å²) >= 11 is 6.14. The first kappa shape index (κ1) is 17.5. The molecule has 0 spiro atoms. The van der Waals surface area contributed by atoms with Gasteiger partial charge in [-0.1, -0.05) is 18.5 Å². The lowest BCUT2D eigenvalue weighted by atomic mass is 9.99. The van der Waals surface area contributed by atoms with Crippen molar-refractivity contribution in [2.45, 2.75) is 19.8 Å². The molecule has 1 N–H and O–H groups in total. The van der Waals surface area contributed by atoms with Crippen molar-refractivity contribution in [3.63, 3.8) is 0 Å². The molecule has 2 heterocycles. The van der Waals surface area contributed by atoms with E-state index in [4.69, 9.17) is 21.1 Å². The number of rotatable bonds is 5. The summed E-state index contributed by atoms with van der Waals surface area (Å²) in [6, 6.07) is 3.44. The molecule has 1 saturated heterocycles. The van der Waals surface area contributed by atoms with E-state index in [1.807, 2.05) is 0 Å². The number of piperidine rings is 1. The van der Waals surface area contributed by atoms with Crippen LogP contribution in [-0.4, -0.2) is 42.5 Å². The van der Waals surface area contributed by atoms with Crippen LogP contribution in [0.3, 0.4) is 0 Å². The zero-order valence-corrected chi connectivity index (χ0v) is 15.4. The number of methoxy groups -OCH3 is 2. The Kier molecular flexibility index (Phi) is 5.43. The number of nitrogens with zero attached hydrogens (tertiary/aromatic N) is 4. The number of hydrogen-bond acceptors (Lipinski definition) is 7. The summed E-state index contributed by atoms with van der Waals surface area (Å²) in [5.74, 6) is 3.10. The van der Waals surface area contributed by atoms with Crippen molar-refractivity contribution in [1.82, 2.24) is 15.2 Å². The van der Waals surface area contributed by atoms with Crippen LogP contribution in [0, 0.1) is 5.92 Å². The molecule has 25 heavy (non-hydrogen) atoms. The van der Waals surface area contributed by atoms with Crippen LogP contribution in [-0.2, 0) is 0 Å². The molecule has 7 nitrogen and oxygen atoms in total. The SMILES string of the molecule is COc1cc(Nc2nncc(N3CCC(C)CC3)n2)c(OC)cc1Cl. The number of aromatic nitrogens is 3. The van der Waals surface area contributed by atoms with Gasteiger partial charge in [-0.05, 0) is 18.8 Å². The van der Waals surface area contributed by atoms with Gasteiger partial charge in [0.05, 0.1) is 31.1 Å². The van der Waals surface area contributed by atoms with Gasteiger partial charge in [0.1, 0.15) is 11.5 Å². The second-order valence-electron chi connectivity index (χ2n) is 6.12. The van der Waals surface area contributed by atoms with Crippen LogP contribution in [0.4, 0.5) is 17.5 Å². The smallest absolute Gasteiger partial charge is 0.249 e. The Morgan fingerprint density at radius 1 is 1.16 bits per heavy atom. The molecule has 1 aliphatic rings. The van der Waals surface area contributed by atoms with Gasteiger partial charge in [-0.2, -0.15) is 10.1 Å². The van der Waals surface area contributed by atoms with E-state index in [0.29, 0.717) is 28.2 Å². The summed E-state index contributed by atoms with van der Waals surface area (Å²) in [6.45, 7) is 4.25. The fourth-order valence-corrected chi connectivity index (χ4v) is 3.05. The zero-order valence-electron chi connectivity index (χ0n) is 14.6. The van der Waals surface area contributed by atoms with Gasteiger partial charge in [0.2, 0.25) is 5.95 Å². The minimum Gasteiger partial charge on any atom is -0.495 e. The second-order valence-corrected chi connectivity index (χ2v) is 6.53. The van der Waals surface area contributed by atoms with Crippen LogP contribution in [0.5, 0.6) is 11.5 Å². The molecule has 134 valence electrons. The van der Waals surface area contributed by atoms with Crippen molar-refractivity contribution in [2.75, 3.05) is 37.5 Å². The van der Waals surface area contributed by atoms with Gasteiger partial charge in [0.15, 0.2) is 5.82 Å². The molecule has 0 amide bonds. The Labute approximate surface area is 152 Å².